The third-order valence-corrected chi connectivity index (χ3v) is 13.2. The summed E-state index contributed by atoms with van der Waals surface area (Å²) in [5, 5.41) is 0. The van der Waals surface area contributed by atoms with Gasteiger partial charge in [0.1, 0.15) is 0 Å². The smallest absolute Gasteiger partial charge is 0.164 e. The van der Waals surface area contributed by atoms with Crippen LogP contribution in [0.3, 0.4) is 0 Å². The molecule has 0 aliphatic heterocycles. The van der Waals surface area contributed by atoms with Crippen molar-refractivity contribution in [3.05, 3.63) is 295 Å². The van der Waals surface area contributed by atoms with E-state index in [-0.39, 0.29) is 0 Å². The van der Waals surface area contributed by atoms with Crippen LogP contribution >= 0.6 is 0 Å². The van der Waals surface area contributed by atoms with Crippen LogP contribution in [0.5, 0.6) is 0 Å². The average Bonchev–Trinajstić information content (AvgIpc) is 3.73. The van der Waals surface area contributed by atoms with E-state index in [1.54, 1.807) is 0 Å². The minimum atomic E-state index is -0.554. The molecule has 11 aromatic rings. The molecule has 12 rings (SSSR count). The standard InChI is InChI=1S/C64H45N5/c1-7-21-46(22-8-1)61-65-62(47-23-9-2-10-24-47)67-63(66-61)48-35-37-53(38-36-48)69(55-41-39-54(40-42-55)68(51-29-15-5-16-30-51)52-31-17-6-18-32-52)56-43-44-58-57-33-19-20-34-59(57)64(60(58)45-56,49-25-11-3-12-26-49)50-27-13-4-14-28-50/h1-45H. The highest BCUT2D eigenvalue weighted by Gasteiger charge is 2.46. The van der Waals surface area contributed by atoms with Crippen LogP contribution in [0, 0.1) is 0 Å². The molecule has 0 spiro atoms. The fourth-order valence-electron chi connectivity index (χ4n) is 10.1. The Morgan fingerprint density at radius 1 is 0.246 bits per heavy atom. The lowest BCUT2D eigenvalue weighted by atomic mass is 9.67. The number of hydrogen-bond donors (Lipinski definition) is 0. The summed E-state index contributed by atoms with van der Waals surface area (Å²) >= 11 is 0. The Labute approximate surface area is 403 Å². The van der Waals surface area contributed by atoms with Crippen molar-refractivity contribution < 1.29 is 0 Å². The fourth-order valence-corrected chi connectivity index (χ4v) is 10.1. The molecule has 0 bridgehead atoms. The van der Waals surface area contributed by atoms with E-state index in [9.17, 15) is 0 Å². The maximum Gasteiger partial charge on any atom is 0.164 e. The SMILES string of the molecule is c1ccc(-c2nc(-c3ccccc3)nc(-c3ccc(N(c4ccc(N(c5ccccc5)c5ccccc5)cc4)c4ccc5c(c4)C(c4ccccc4)(c4ccccc4)c4ccccc4-5)cc3)n2)cc1. The number of benzene rings is 10. The van der Waals surface area contributed by atoms with Crippen LogP contribution in [-0.2, 0) is 5.41 Å². The fraction of sp³-hybridized carbons (Fsp3) is 0.0156. The minimum Gasteiger partial charge on any atom is -0.311 e. The Kier molecular flexibility index (Phi) is 10.7. The van der Waals surface area contributed by atoms with E-state index in [2.05, 4.69) is 222 Å². The predicted molar refractivity (Wildman–Crippen MR) is 283 cm³/mol. The monoisotopic (exact) mass is 883 g/mol. The second-order valence-electron chi connectivity index (χ2n) is 17.2. The normalized spacial score (nSPS) is 12.2. The van der Waals surface area contributed by atoms with Gasteiger partial charge in [-0.3, -0.25) is 0 Å². The molecule has 0 fully saturated rings. The van der Waals surface area contributed by atoms with Crippen molar-refractivity contribution >= 4 is 34.1 Å². The van der Waals surface area contributed by atoms with Gasteiger partial charge in [-0.2, -0.15) is 0 Å². The van der Waals surface area contributed by atoms with E-state index < -0.39 is 5.41 Å². The molecular formula is C64H45N5. The zero-order valence-electron chi connectivity index (χ0n) is 37.7. The highest BCUT2D eigenvalue weighted by atomic mass is 15.2. The van der Waals surface area contributed by atoms with Crippen LogP contribution in [0.1, 0.15) is 22.3 Å². The van der Waals surface area contributed by atoms with Gasteiger partial charge in [0.05, 0.1) is 5.41 Å². The molecular weight excluding hydrogens is 839 g/mol. The van der Waals surface area contributed by atoms with Gasteiger partial charge in [0, 0.05) is 50.8 Å². The molecule has 1 aliphatic carbocycles. The molecule has 326 valence electrons. The third-order valence-electron chi connectivity index (χ3n) is 13.2. The number of nitrogens with zero attached hydrogens (tertiary/aromatic N) is 5. The molecule has 1 aliphatic rings. The molecule has 0 amide bonds. The minimum absolute atomic E-state index is 0.554. The molecule has 0 N–H and O–H groups in total. The number of rotatable bonds is 11. The molecule has 0 atom stereocenters. The van der Waals surface area contributed by atoms with Crippen LogP contribution < -0.4 is 9.80 Å². The van der Waals surface area contributed by atoms with Gasteiger partial charge in [-0.25, -0.2) is 15.0 Å². The molecule has 69 heavy (non-hydrogen) atoms. The molecule has 5 nitrogen and oxygen atoms in total. The van der Waals surface area contributed by atoms with Gasteiger partial charge in [-0.15, -0.1) is 0 Å². The topological polar surface area (TPSA) is 45.2 Å². The van der Waals surface area contributed by atoms with Crippen LogP contribution in [0.25, 0.3) is 45.3 Å². The van der Waals surface area contributed by atoms with E-state index >= 15 is 0 Å². The Morgan fingerprint density at radius 2 is 0.565 bits per heavy atom. The first-order chi connectivity index (χ1) is 34.2. The van der Waals surface area contributed by atoms with Gasteiger partial charge in [0.15, 0.2) is 17.5 Å². The first-order valence-corrected chi connectivity index (χ1v) is 23.4. The summed E-state index contributed by atoms with van der Waals surface area (Å²) < 4.78 is 0. The van der Waals surface area contributed by atoms with E-state index in [1.165, 1.54) is 33.4 Å². The van der Waals surface area contributed by atoms with E-state index in [1.807, 2.05) is 60.7 Å². The van der Waals surface area contributed by atoms with Crippen LogP contribution in [0.4, 0.5) is 34.1 Å². The van der Waals surface area contributed by atoms with Crippen molar-refractivity contribution in [2.75, 3.05) is 9.80 Å². The summed E-state index contributed by atoms with van der Waals surface area (Å²) in [6.07, 6.45) is 0. The van der Waals surface area contributed by atoms with Gasteiger partial charge in [-0.1, -0.05) is 188 Å². The molecule has 1 heterocycles. The first-order valence-electron chi connectivity index (χ1n) is 23.4. The predicted octanol–water partition coefficient (Wildman–Crippen LogP) is 16.2. The lowest BCUT2D eigenvalue weighted by Crippen LogP contribution is -2.28. The van der Waals surface area contributed by atoms with Crippen LogP contribution in [0.15, 0.2) is 273 Å². The van der Waals surface area contributed by atoms with Crippen molar-refractivity contribution in [1.29, 1.82) is 0 Å². The van der Waals surface area contributed by atoms with E-state index in [0.717, 1.165) is 50.8 Å². The molecule has 5 heteroatoms. The van der Waals surface area contributed by atoms with Crippen LogP contribution in [0.2, 0.25) is 0 Å². The van der Waals surface area contributed by atoms with Crippen molar-refractivity contribution in [1.82, 2.24) is 15.0 Å². The van der Waals surface area contributed by atoms with Gasteiger partial charge >= 0.3 is 0 Å². The largest absolute Gasteiger partial charge is 0.311 e. The number of aromatic nitrogens is 3. The summed E-state index contributed by atoms with van der Waals surface area (Å²) in [5.41, 5.74) is 15.9. The Bertz CT molecular complexity index is 3380. The summed E-state index contributed by atoms with van der Waals surface area (Å²) in [5.74, 6) is 1.87. The molecule has 0 saturated heterocycles. The second-order valence-corrected chi connectivity index (χ2v) is 17.2. The van der Waals surface area contributed by atoms with E-state index in [0.29, 0.717) is 17.5 Å². The average molecular weight is 884 g/mol. The number of anilines is 6. The zero-order valence-corrected chi connectivity index (χ0v) is 37.7. The van der Waals surface area contributed by atoms with Gasteiger partial charge < -0.3 is 9.80 Å². The molecule has 0 saturated carbocycles. The Morgan fingerprint density at radius 3 is 1.03 bits per heavy atom. The molecule has 0 unspecified atom stereocenters. The summed E-state index contributed by atoms with van der Waals surface area (Å²) in [7, 11) is 0. The van der Waals surface area contributed by atoms with Gasteiger partial charge in [0.25, 0.3) is 0 Å². The van der Waals surface area contributed by atoms with Crippen molar-refractivity contribution in [2.24, 2.45) is 0 Å². The quantitative estimate of drug-likeness (QED) is 0.129. The Balaban J connectivity index is 1.03. The molecule has 10 aromatic carbocycles. The molecule has 0 radical (unpaired) electrons. The third kappa shape index (κ3) is 7.53. The highest BCUT2D eigenvalue weighted by Crippen LogP contribution is 2.57. The van der Waals surface area contributed by atoms with Crippen molar-refractivity contribution in [3.8, 4) is 45.3 Å². The second kappa shape index (κ2) is 17.9. The maximum atomic E-state index is 5.06. The first kappa shape index (κ1) is 41.3. The summed E-state index contributed by atoms with van der Waals surface area (Å²) in [6.45, 7) is 0. The summed E-state index contributed by atoms with van der Waals surface area (Å²) in [6, 6.07) is 96.7. The highest BCUT2D eigenvalue weighted by molar-refractivity contribution is 5.90. The lowest BCUT2D eigenvalue weighted by molar-refractivity contribution is 0.768. The molecule has 1 aromatic heterocycles. The number of fused-ring (bicyclic) bond motifs is 3. The number of para-hydroxylation sites is 2. The summed E-state index contributed by atoms with van der Waals surface area (Å²) in [4.78, 5) is 19.7. The van der Waals surface area contributed by atoms with Crippen molar-refractivity contribution in [3.63, 3.8) is 0 Å². The lowest BCUT2D eigenvalue weighted by Gasteiger charge is -2.35. The number of hydrogen-bond acceptors (Lipinski definition) is 5. The zero-order chi connectivity index (χ0) is 46.0. The van der Waals surface area contributed by atoms with Gasteiger partial charge in [0.2, 0.25) is 0 Å². The Hall–Kier alpha value is -9.19. The maximum absolute atomic E-state index is 5.06. The van der Waals surface area contributed by atoms with Crippen LogP contribution in [-0.4, -0.2) is 15.0 Å². The van der Waals surface area contributed by atoms with E-state index in [4.69, 9.17) is 15.0 Å². The van der Waals surface area contributed by atoms with Crippen molar-refractivity contribution in [2.45, 2.75) is 5.41 Å². The van der Waals surface area contributed by atoms with Gasteiger partial charge in [-0.05, 0) is 118 Å².